The SMILES string of the molecule is CC(C)(C)C1CN(Cc2cccc(Br)c2)CCN1. The second kappa shape index (κ2) is 5.72. The minimum atomic E-state index is 0.329. The third-order valence-corrected chi connectivity index (χ3v) is 4.09. The summed E-state index contributed by atoms with van der Waals surface area (Å²) >= 11 is 3.54. The van der Waals surface area contributed by atoms with Gasteiger partial charge in [-0.3, -0.25) is 4.90 Å². The molecule has 3 heteroatoms. The van der Waals surface area contributed by atoms with Gasteiger partial charge in [-0.15, -0.1) is 0 Å². The highest BCUT2D eigenvalue weighted by atomic mass is 79.9. The Bertz CT molecular complexity index is 398. The van der Waals surface area contributed by atoms with E-state index in [1.54, 1.807) is 0 Å². The lowest BCUT2D eigenvalue weighted by molar-refractivity contribution is 0.129. The third kappa shape index (κ3) is 3.81. The fourth-order valence-electron chi connectivity index (χ4n) is 2.43. The van der Waals surface area contributed by atoms with Gasteiger partial charge < -0.3 is 5.32 Å². The van der Waals surface area contributed by atoms with Crippen LogP contribution >= 0.6 is 15.9 Å². The van der Waals surface area contributed by atoms with Gasteiger partial charge in [-0.1, -0.05) is 48.8 Å². The number of hydrogen-bond acceptors (Lipinski definition) is 2. The summed E-state index contributed by atoms with van der Waals surface area (Å²) in [7, 11) is 0. The first-order chi connectivity index (χ1) is 8.45. The standard InChI is InChI=1S/C15H23BrN2/c1-15(2,3)14-11-18(8-7-17-14)10-12-5-4-6-13(16)9-12/h4-6,9,14,17H,7-8,10-11H2,1-3H3. The molecule has 1 aromatic rings. The summed E-state index contributed by atoms with van der Waals surface area (Å²) in [4.78, 5) is 2.55. The van der Waals surface area contributed by atoms with Crippen molar-refractivity contribution in [3.63, 3.8) is 0 Å². The summed E-state index contributed by atoms with van der Waals surface area (Å²) in [6, 6.07) is 9.20. The predicted molar refractivity (Wildman–Crippen MR) is 80.7 cm³/mol. The minimum Gasteiger partial charge on any atom is -0.311 e. The van der Waals surface area contributed by atoms with Crippen LogP contribution in [-0.2, 0) is 6.54 Å². The van der Waals surface area contributed by atoms with E-state index in [2.05, 4.69) is 71.2 Å². The van der Waals surface area contributed by atoms with E-state index in [4.69, 9.17) is 0 Å². The zero-order chi connectivity index (χ0) is 13.2. The smallest absolute Gasteiger partial charge is 0.0244 e. The van der Waals surface area contributed by atoms with Crippen molar-refractivity contribution in [2.75, 3.05) is 19.6 Å². The average molecular weight is 311 g/mol. The van der Waals surface area contributed by atoms with Gasteiger partial charge >= 0.3 is 0 Å². The van der Waals surface area contributed by atoms with Crippen LogP contribution in [0.5, 0.6) is 0 Å². The molecule has 18 heavy (non-hydrogen) atoms. The molecule has 1 atom stereocenters. The van der Waals surface area contributed by atoms with E-state index in [1.807, 2.05) is 0 Å². The molecular formula is C15H23BrN2. The van der Waals surface area contributed by atoms with Gasteiger partial charge in [0.15, 0.2) is 0 Å². The van der Waals surface area contributed by atoms with Crippen LogP contribution in [0.3, 0.4) is 0 Å². The molecule has 1 aliphatic rings. The summed E-state index contributed by atoms with van der Waals surface area (Å²) < 4.78 is 1.17. The Morgan fingerprint density at radius 2 is 2.17 bits per heavy atom. The molecule has 1 heterocycles. The zero-order valence-electron chi connectivity index (χ0n) is 11.5. The zero-order valence-corrected chi connectivity index (χ0v) is 13.1. The first-order valence-electron chi connectivity index (χ1n) is 6.65. The van der Waals surface area contributed by atoms with E-state index in [0.29, 0.717) is 11.5 Å². The Kier molecular flexibility index (Phi) is 4.46. The number of hydrogen-bond donors (Lipinski definition) is 1. The van der Waals surface area contributed by atoms with Crippen molar-refractivity contribution in [2.45, 2.75) is 33.4 Å². The number of piperazine rings is 1. The van der Waals surface area contributed by atoms with Crippen LogP contribution in [-0.4, -0.2) is 30.6 Å². The van der Waals surface area contributed by atoms with E-state index in [9.17, 15) is 0 Å². The Morgan fingerprint density at radius 1 is 1.39 bits per heavy atom. The lowest BCUT2D eigenvalue weighted by Gasteiger charge is -2.40. The maximum absolute atomic E-state index is 3.64. The van der Waals surface area contributed by atoms with Gasteiger partial charge in [0.1, 0.15) is 0 Å². The minimum absolute atomic E-state index is 0.329. The van der Waals surface area contributed by atoms with Crippen LogP contribution in [0.15, 0.2) is 28.7 Å². The Balaban J connectivity index is 1.98. The molecule has 1 aromatic carbocycles. The van der Waals surface area contributed by atoms with Gasteiger partial charge in [0, 0.05) is 36.7 Å². The average Bonchev–Trinajstić information content (AvgIpc) is 2.28. The van der Waals surface area contributed by atoms with Crippen LogP contribution in [0.1, 0.15) is 26.3 Å². The molecule has 0 aromatic heterocycles. The number of halogens is 1. The summed E-state index contributed by atoms with van der Waals surface area (Å²) in [6.07, 6.45) is 0. The first kappa shape index (κ1) is 14.0. The van der Waals surface area contributed by atoms with E-state index in [0.717, 1.165) is 26.2 Å². The van der Waals surface area contributed by atoms with Gasteiger partial charge in [0.2, 0.25) is 0 Å². The Morgan fingerprint density at radius 3 is 2.83 bits per heavy atom. The molecule has 1 saturated heterocycles. The second-order valence-electron chi connectivity index (χ2n) is 6.24. The molecule has 2 rings (SSSR count). The number of nitrogens with one attached hydrogen (secondary N) is 1. The molecule has 0 aliphatic carbocycles. The monoisotopic (exact) mass is 310 g/mol. The molecule has 1 fully saturated rings. The lowest BCUT2D eigenvalue weighted by atomic mass is 9.85. The number of benzene rings is 1. The summed E-state index contributed by atoms with van der Waals surface area (Å²) in [5.74, 6) is 0. The van der Waals surface area contributed by atoms with Crippen LogP contribution in [0, 0.1) is 5.41 Å². The molecule has 1 N–H and O–H groups in total. The van der Waals surface area contributed by atoms with Crippen molar-refractivity contribution >= 4 is 15.9 Å². The normalized spacial score (nSPS) is 22.1. The quantitative estimate of drug-likeness (QED) is 0.902. The van der Waals surface area contributed by atoms with Gasteiger partial charge in [0.05, 0.1) is 0 Å². The summed E-state index contributed by atoms with van der Waals surface area (Å²) in [6.45, 7) is 11.4. The predicted octanol–water partition coefficient (Wildman–Crippen LogP) is 3.27. The highest BCUT2D eigenvalue weighted by Gasteiger charge is 2.29. The highest BCUT2D eigenvalue weighted by molar-refractivity contribution is 9.10. The van der Waals surface area contributed by atoms with E-state index < -0.39 is 0 Å². The fourth-order valence-corrected chi connectivity index (χ4v) is 2.87. The molecule has 0 radical (unpaired) electrons. The van der Waals surface area contributed by atoms with Crippen LogP contribution in [0.2, 0.25) is 0 Å². The second-order valence-corrected chi connectivity index (χ2v) is 7.15. The largest absolute Gasteiger partial charge is 0.311 e. The maximum atomic E-state index is 3.64. The highest BCUT2D eigenvalue weighted by Crippen LogP contribution is 2.23. The Labute approximate surface area is 119 Å². The summed E-state index contributed by atoms with van der Waals surface area (Å²) in [5.41, 5.74) is 1.72. The first-order valence-corrected chi connectivity index (χ1v) is 7.44. The maximum Gasteiger partial charge on any atom is 0.0244 e. The lowest BCUT2D eigenvalue weighted by Crippen LogP contribution is -2.55. The van der Waals surface area contributed by atoms with Gasteiger partial charge in [0.25, 0.3) is 0 Å². The van der Waals surface area contributed by atoms with Gasteiger partial charge in [-0.2, -0.15) is 0 Å². The van der Waals surface area contributed by atoms with E-state index in [1.165, 1.54) is 10.0 Å². The molecule has 100 valence electrons. The van der Waals surface area contributed by atoms with Crippen molar-refractivity contribution in [2.24, 2.45) is 5.41 Å². The number of rotatable bonds is 2. The van der Waals surface area contributed by atoms with Crippen LogP contribution in [0.4, 0.5) is 0 Å². The van der Waals surface area contributed by atoms with Crippen molar-refractivity contribution < 1.29 is 0 Å². The molecule has 1 aliphatic heterocycles. The van der Waals surface area contributed by atoms with Crippen molar-refractivity contribution in [1.29, 1.82) is 0 Å². The van der Waals surface area contributed by atoms with Gasteiger partial charge in [-0.25, -0.2) is 0 Å². The molecule has 0 bridgehead atoms. The van der Waals surface area contributed by atoms with E-state index >= 15 is 0 Å². The van der Waals surface area contributed by atoms with Crippen molar-refractivity contribution in [3.05, 3.63) is 34.3 Å². The van der Waals surface area contributed by atoms with Crippen LogP contribution in [0.25, 0.3) is 0 Å². The van der Waals surface area contributed by atoms with Crippen LogP contribution < -0.4 is 5.32 Å². The van der Waals surface area contributed by atoms with Gasteiger partial charge in [-0.05, 0) is 23.1 Å². The molecule has 1 unspecified atom stereocenters. The molecule has 0 spiro atoms. The number of nitrogens with zero attached hydrogens (tertiary/aromatic N) is 1. The third-order valence-electron chi connectivity index (χ3n) is 3.60. The molecule has 2 nitrogen and oxygen atoms in total. The van der Waals surface area contributed by atoms with Crippen molar-refractivity contribution in [3.8, 4) is 0 Å². The molecule has 0 amide bonds. The van der Waals surface area contributed by atoms with E-state index in [-0.39, 0.29) is 0 Å². The fraction of sp³-hybridized carbons (Fsp3) is 0.600. The summed E-state index contributed by atoms with van der Waals surface area (Å²) in [5, 5.41) is 3.64. The Hall–Kier alpha value is -0.380. The molecular weight excluding hydrogens is 288 g/mol. The topological polar surface area (TPSA) is 15.3 Å². The van der Waals surface area contributed by atoms with Crippen molar-refractivity contribution in [1.82, 2.24) is 10.2 Å². The molecule has 0 saturated carbocycles.